The molecule has 0 bridgehead atoms. The van der Waals surface area contributed by atoms with Crippen LogP contribution < -0.4 is 15.8 Å². The average molecular weight is 278 g/mol. The minimum absolute atomic E-state index is 0.0225. The summed E-state index contributed by atoms with van der Waals surface area (Å²) in [6, 6.07) is 7.83. The lowest BCUT2D eigenvalue weighted by Crippen LogP contribution is -2.37. The molecule has 2 rings (SSSR count). The van der Waals surface area contributed by atoms with Crippen molar-refractivity contribution in [1.29, 1.82) is 0 Å². The Kier molecular flexibility index (Phi) is 5.38. The van der Waals surface area contributed by atoms with E-state index in [2.05, 4.69) is 5.32 Å². The molecule has 110 valence electrons. The predicted molar refractivity (Wildman–Crippen MR) is 76.6 cm³/mol. The summed E-state index contributed by atoms with van der Waals surface area (Å²) in [6.07, 6.45) is 1.26. The second-order valence-corrected chi connectivity index (χ2v) is 5.02. The Hall–Kier alpha value is -1.59. The lowest BCUT2D eigenvalue weighted by Gasteiger charge is -2.13. The molecule has 0 saturated carbocycles. The molecule has 1 aromatic rings. The number of aryl methyl sites for hydroxylation is 1. The van der Waals surface area contributed by atoms with Crippen LogP contribution in [0.2, 0.25) is 0 Å². The first-order valence-corrected chi connectivity index (χ1v) is 7.01. The van der Waals surface area contributed by atoms with E-state index in [0.717, 1.165) is 24.2 Å². The molecule has 1 heterocycles. The molecule has 0 unspecified atom stereocenters. The highest BCUT2D eigenvalue weighted by Crippen LogP contribution is 2.18. The molecular weight excluding hydrogens is 256 g/mol. The van der Waals surface area contributed by atoms with Crippen LogP contribution in [0.15, 0.2) is 24.3 Å². The summed E-state index contributed by atoms with van der Waals surface area (Å²) in [6.45, 7) is 3.41. The quantitative estimate of drug-likeness (QED) is 0.761. The van der Waals surface area contributed by atoms with E-state index in [1.54, 1.807) is 0 Å². The van der Waals surface area contributed by atoms with Gasteiger partial charge in [-0.2, -0.15) is 0 Å². The lowest BCUT2D eigenvalue weighted by atomic mass is 10.2. The van der Waals surface area contributed by atoms with Gasteiger partial charge in [-0.25, -0.2) is 0 Å². The number of carbonyl (C=O) groups excluding carboxylic acids is 1. The second-order valence-electron chi connectivity index (χ2n) is 5.02. The third-order valence-electron chi connectivity index (χ3n) is 3.32. The van der Waals surface area contributed by atoms with Gasteiger partial charge in [0.05, 0.1) is 12.6 Å². The van der Waals surface area contributed by atoms with Crippen molar-refractivity contribution in [3.05, 3.63) is 29.8 Å². The van der Waals surface area contributed by atoms with Crippen molar-refractivity contribution in [2.24, 2.45) is 5.73 Å². The summed E-state index contributed by atoms with van der Waals surface area (Å²) >= 11 is 0. The van der Waals surface area contributed by atoms with Crippen molar-refractivity contribution in [2.75, 3.05) is 19.7 Å². The summed E-state index contributed by atoms with van der Waals surface area (Å²) in [5.74, 6) is 0.744. The summed E-state index contributed by atoms with van der Waals surface area (Å²) in [5, 5.41) is 2.82. The maximum Gasteiger partial charge on any atom is 0.249 e. The van der Waals surface area contributed by atoms with E-state index in [1.807, 2.05) is 31.2 Å². The van der Waals surface area contributed by atoms with Crippen LogP contribution in [-0.4, -0.2) is 37.8 Å². The maximum atomic E-state index is 11.8. The van der Waals surface area contributed by atoms with Crippen LogP contribution in [0, 0.1) is 6.92 Å². The third-order valence-corrected chi connectivity index (χ3v) is 3.32. The van der Waals surface area contributed by atoms with Gasteiger partial charge in [-0.3, -0.25) is 4.79 Å². The average Bonchev–Trinajstić information content (AvgIpc) is 2.92. The number of hydrogen-bond acceptors (Lipinski definition) is 4. The topological polar surface area (TPSA) is 73.6 Å². The molecular formula is C15H22N2O3. The van der Waals surface area contributed by atoms with E-state index >= 15 is 0 Å². The van der Waals surface area contributed by atoms with Crippen molar-refractivity contribution >= 4 is 5.91 Å². The van der Waals surface area contributed by atoms with Crippen molar-refractivity contribution in [2.45, 2.75) is 32.0 Å². The molecule has 2 atom stereocenters. The van der Waals surface area contributed by atoms with Crippen molar-refractivity contribution < 1.29 is 14.3 Å². The maximum absolute atomic E-state index is 11.8. The molecule has 1 aliphatic rings. The predicted octanol–water partition coefficient (Wildman–Crippen LogP) is 0.996. The Morgan fingerprint density at radius 1 is 1.50 bits per heavy atom. The first-order valence-electron chi connectivity index (χ1n) is 7.01. The summed E-state index contributed by atoms with van der Waals surface area (Å²) in [5.41, 5.74) is 6.67. The number of benzene rings is 1. The molecule has 1 saturated heterocycles. The van der Waals surface area contributed by atoms with Gasteiger partial charge < -0.3 is 20.5 Å². The molecule has 0 aliphatic carbocycles. The third kappa shape index (κ3) is 4.21. The first kappa shape index (κ1) is 14.8. The first-order chi connectivity index (χ1) is 9.69. The van der Waals surface area contributed by atoms with Gasteiger partial charge in [-0.05, 0) is 37.5 Å². The Labute approximate surface area is 119 Å². The van der Waals surface area contributed by atoms with E-state index < -0.39 is 0 Å². The van der Waals surface area contributed by atoms with Crippen LogP contribution in [0.1, 0.15) is 18.4 Å². The van der Waals surface area contributed by atoms with E-state index in [0.29, 0.717) is 19.7 Å². The molecule has 1 aliphatic heterocycles. The van der Waals surface area contributed by atoms with Crippen LogP contribution in [0.4, 0.5) is 0 Å². The fourth-order valence-electron chi connectivity index (χ4n) is 2.23. The Morgan fingerprint density at radius 3 is 3.05 bits per heavy atom. The number of amides is 1. The van der Waals surface area contributed by atoms with Crippen molar-refractivity contribution in [3.63, 3.8) is 0 Å². The number of nitrogens with one attached hydrogen (secondary N) is 1. The highest BCUT2D eigenvalue weighted by Gasteiger charge is 2.29. The highest BCUT2D eigenvalue weighted by molar-refractivity contribution is 5.81. The monoisotopic (exact) mass is 278 g/mol. The fraction of sp³-hybridized carbons (Fsp3) is 0.533. The standard InChI is InChI=1S/C15H22N2O3/c1-11-3-2-4-12(9-11)19-8-7-17-15(18)14-6-5-13(10-16)20-14/h2-4,9,13-14H,5-8,10,16H2,1H3,(H,17,18)/t13-,14+/m1/s1. The molecule has 3 N–H and O–H groups in total. The van der Waals surface area contributed by atoms with Crippen molar-refractivity contribution in [3.8, 4) is 5.75 Å². The van der Waals surface area contributed by atoms with Gasteiger partial charge in [0.1, 0.15) is 18.5 Å². The van der Waals surface area contributed by atoms with Crippen LogP contribution >= 0.6 is 0 Å². The van der Waals surface area contributed by atoms with E-state index in [-0.39, 0.29) is 18.1 Å². The van der Waals surface area contributed by atoms with Gasteiger partial charge in [-0.1, -0.05) is 12.1 Å². The van der Waals surface area contributed by atoms with Gasteiger partial charge in [0.15, 0.2) is 0 Å². The molecule has 1 amide bonds. The second kappa shape index (κ2) is 7.26. The zero-order chi connectivity index (χ0) is 14.4. The molecule has 5 nitrogen and oxygen atoms in total. The molecule has 1 aromatic carbocycles. The zero-order valence-corrected chi connectivity index (χ0v) is 11.8. The minimum Gasteiger partial charge on any atom is -0.492 e. The smallest absolute Gasteiger partial charge is 0.249 e. The van der Waals surface area contributed by atoms with Crippen LogP contribution in [0.3, 0.4) is 0 Å². The lowest BCUT2D eigenvalue weighted by molar-refractivity contribution is -0.131. The Morgan fingerprint density at radius 2 is 2.35 bits per heavy atom. The van der Waals surface area contributed by atoms with Crippen LogP contribution in [0.25, 0.3) is 0 Å². The van der Waals surface area contributed by atoms with Crippen LogP contribution in [0.5, 0.6) is 5.75 Å². The number of hydrogen-bond donors (Lipinski definition) is 2. The number of rotatable bonds is 6. The van der Waals surface area contributed by atoms with E-state index in [4.69, 9.17) is 15.2 Å². The fourth-order valence-corrected chi connectivity index (χ4v) is 2.23. The Balaban J connectivity index is 1.65. The van der Waals surface area contributed by atoms with Crippen LogP contribution in [-0.2, 0) is 9.53 Å². The van der Waals surface area contributed by atoms with Gasteiger partial charge in [0, 0.05) is 6.54 Å². The summed E-state index contributed by atoms with van der Waals surface area (Å²) in [7, 11) is 0. The molecule has 0 spiro atoms. The van der Waals surface area contributed by atoms with Gasteiger partial charge in [0.2, 0.25) is 5.91 Å². The SMILES string of the molecule is Cc1cccc(OCCNC(=O)[C@@H]2CC[C@H](CN)O2)c1. The van der Waals surface area contributed by atoms with E-state index in [9.17, 15) is 4.79 Å². The molecule has 0 radical (unpaired) electrons. The minimum atomic E-state index is -0.359. The summed E-state index contributed by atoms with van der Waals surface area (Å²) in [4.78, 5) is 11.8. The highest BCUT2D eigenvalue weighted by atomic mass is 16.5. The number of nitrogens with two attached hydrogens (primary N) is 1. The molecule has 1 fully saturated rings. The van der Waals surface area contributed by atoms with Gasteiger partial charge in [-0.15, -0.1) is 0 Å². The largest absolute Gasteiger partial charge is 0.492 e. The number of carbonyl (C=O) groups is 1. The zero-order valence-electron chi connectivity index (χ0n) is 11.8. The van der Waals surface area contributed by atoms with E-state index in [1.165, 1.54) is 0 Å². The van der Waals surface area contributed by atoms with Gasteiger partial charge in [0.25, 0.3) is 0 Å². The molecule has 5 heteroatoms. The molecule has 0 aromatic heterocycles. The number of ether oxygens (including phenoxy) is 2. The summed E-state index contributed by atoms with van der Waals surface area (Å²) < 4.78 is 11.1. The molecule has 20 heavy (non-hydrogen) atoms. The Bertz CT molecular complexity index is 450. The van der Waals surface area contributed by atoms with Crippen molar-refractivity contribution in [1.82, 2.24) is 5.32 Å². The normalized spacial score (nSPS) is 21.7. The van der Waals surface area contributed by atoms with Gasteiger partial charge >= 0.3 is 0 Å².